The molecule has 108 valence electrons. The second-order valence-corrected chi connectivity index (χ2v) is 5.55. The van der Waals surface area contributed by atoms with Gasteiger partial charge in [0.25, 0.3) is 0 Å². The van der Waals surface area contributed by atoms with E-state index in [0.29, 0.717) is 6.54 Å². The van der Waals surface area contributed by atoms with Crippen molar-refractivity contribution in [1.29, 1.82) is 0 Å². The smallest absolute Gasteiger partial charge is 0.243 e. The fourth-order valence-corrected chi connectivity index (χ4v) is 2.75. The summed E-state index contributed by atoms with van der Waals surface area (Å²) >= 11 is 0. The van der Waals surface area contributed by atoms with E-state index in [1.165, 1.54) is 5.56 Å². The van der Waals surface area contributed by atoms with Gasteiger partial charge in [-0.05, 0) is 23.5 Å². The largest absolute Gasteiger partial charge is 0.345 e. The zero-order valence-corrected chi connectivity index (χ0v) is 12.3. The maximum absolute atomic E-state index is 12.2. The van der Waals surface area contributed by atoms with Crippen molar-refractivity contribution in [2.24, 2.45) is 5.92 Å². The summed E-state index contributed by atoms with van der Waals surface area (Å²) in [5.74, 6) is 0.0517. The first-order valence-corrected chi connectivity index (χ1v) is 7.18. The number of hydrogen-bond donors (Lipinski definition) is 1. The van der Waals surface area contributed by atoms with Gasteiger partial charge in [0.05, 0.1) is 6.54 Å². The quantitative estimate of drug-likeness (QED) is 0.909. The SMILES string of the molecule is CCc1ccccc1CN1C(=O)CNC(=O)C1C(C)C. The van der Waals surface area contributed by atoms with Crippen LogP contribution >= 0.6 is 0 Å². The summed E-state index contributed by atoms with van der Waals surface area (Å²) in [6.07, 6.45) is 0.927. The minimum atomic E-state index is -0.374. The summed E-state index contributed by atoms with van der Waals surface area (Å²) in [5, 5.41) is 2.68. The molecule has 1 fully saturated rings. The first-order valence-electron chi connectivity index (χ1n) is 7.18. The summed E-state index contributed by atoms with van der Waals surface area (Å²) in [5.41, 5.74) is 2.36. The van der Waals surface area contributed by atoms with Gasteiger partial charge in [0.1, 0.15) is 6.04 Å². The van der Waals surface area contributed by atoms with E-state index < -0.39 is 0 Å². The third-order valence-electron chi connectivity index (χ3n) is 3.81. The van der Waals surface area contributed by atoms with Gasteiger partial charge in [-0.3, -0.25) is 9.59 Å². The Morgan fingerprint density at radius 2 is 1.90 bits per heavy atom. The van der Waals surface area contributed by atoms with Crippen molar-refractivity contribution < 1.29 is 9.59 Å². The fraction of sp³-hybridized carbons (Fsp3) is 0.500. The molecule has 0 aliphatic carbocycles. The molecule has 1 heterocycles. The highest BCUT2D eigenvalue weighted by molar-refractivity contribution is 5.94. The van der Waals surface area contributed by atoms with Crippen molar-refractivity contribution in [3.05, 3.63) is 35.4 Å². The molecule has 1 aliphatic heterocycles. The number of rotatable bonds is 4. The van der Waals surface area contributed by atoms with Crippen LogP contribution in [0.3, 0.4) is 0 Å². The van der Waals surface area contributed by atoms with Gasteiger partial charge in [-0.15, -0.1) is 0 Å². The molecule has 0 aromatic heterocycles. The topological polar surface area (TPSA) is 49.4 Å². The molecule has 4 nitrogen and oxygen atoms in total. The monoisotopic (exact) mass is 274 g/mol. The van der Waals surface area contributed by atoms with Gasteiger partial charge in [-0.2, -0.15) is 0 Å². The molecule has 1 N–H and O–H groups in total. The lowest BCUT2D eigenvalue weighted by Gasteiger charge is -2.37. The van der Waals surface area contributed by atoms with Crippen molar-refractivity contribution >= 4 is 11.8 Å². The van der Waals surface area contributed by atoms with Gasteiger partial charge in [0, 0.05) is 6.54 Å². The van der Waals surface area contributed by atoms with E-state index in [9.17, 15) is 9.59 Å². The van der Waals surface area contributed by atoms with E-state index in [1.54, 1.807) is 4.90 Å². The number of nitrogens with zero attached hydrogens (tertiary/aromatic N) is 1. The fourth-order valence-electron chi connectivity index (χ4n) is 2.75. The van der Waals surface area contributed by atoms with Crippen LogP contribution in [0.4, 0.5) is 0 Å². The maximum atomic E-state index is 12.2. The molecule has 0 bridgehead atoms. The van der Waals surface area contributed by atoms with Crippen LogP contribution in [0.5, 0.6) is 0 Å². The highest BCUT2D eigenvalue weighted by Crippen LogP contribution is 2.20. The zero-order chi connectivity index (χ0) is 14.7. The normalized spacial score (nSPS) is 19.4. The standard InChI is InChI=1S/C16H22N2O2/c1-4-12-7-5-6-8-13(12)10-18-14(19)9-17-16(20)15(18)11(2)3/h5-8,11,15H,4,9-10H2,1-3H3,(H,17,20). The molecule has 2 rings (SSSR count). The second-order valence-electron chi connectivity index (χ2n) is 5.55. The molecule has 1 saturated heterocycles. The second kappa shape index (κ2) is 6.07. The average Bonchev–Trinajstić information content (AvgIpc) is 2.43. The number of benzene rings is 1. The lowest BCUT2D eigenvalue weighted by molar-refractivity contribution is -0.148. The molecule has 1 atom stereocenters. The first-order chi connectivity index (χ1) is 9.54. The van der Waals surface area contributed by atoms with Crippen molar-refractivity contribution in [3.8, 4) is 0 Å². The van der Waals surface area contributed by atoms with Crippen LogP contribution in [0.15, 0.2) is 24.3 Å². The van der Waals surface area contributed by atoms with Crippen LogP contribution in [0.2, 0.25) is 0 Å². The van der Waals surface area contributed by atoms with Crippen molar-refractivity contribution in [2.45, 2.75) is 39.8 Å². The van der Waals surface area contributed by atoms with E-state index in [1.807, 2.05) is 32.0 Å². The Kier molecular flexibility index (Phi) is 4.42. The Morgan fingerprint density at radius 1 is 1.25 bits per heavy atom. The van der Waals surface area contributed by atoms with Crippen molar-refractivity contribution in [3.63, 3.8) is 0 Å². The number of carbonyl (C=O) groups is 2. The molecule has 20 heavy (non-hydrogen) atoms. The summed E-state index contributed by atoms with van der Waals surface area (Å²) in [4.78, 5) is 25.9. The molecular formula is C16H22N2O2. The Morgan fingerprint density at radius 3 is 2.50 bits per heavy atom. The third kappa shape index (κ3) is 2.84. The Labute approximate surface area is 120 Å². The van der Waals surface area contributed by atoms with Crippen LogP contribution in [-0.2, 0) is 22.6 Å². The molecule has 0 saturated carbocycles. The predicted molar refractivity (Wildman–Crippen MR) is 78.0 cm³/mol. The minimum absolute atomic E-state index is 0.00536. The molecule has 0 radical (unpaired) electrons. The van der Waals surface area contributed by atoms with E-state index >= 15 is 0 Å². The minimum Gasteiger partial charge on any atom is -0.345 e. The Bertz CT molecular complexity index is 511. The summed E-state index contributed by atoms with van der Waals surface area (Å²) in [6.45, 7) is 6.67. The van der Waals surface area contributed by atoms with E-state index in [-0.39, 0.29) is 30.3 Å². The van der Waals surface area contributed by atoms with Gasteiger partial charge in [0.2, 0.25) is 11.8 Å². The number of amides is 2. The molecule has 2 amide bonds. The van der Waals surface area contributed by atoms with Gasteiger partial charge in [-0.25, -0.2) is 0 Å². The summed E-state index contributed by atoms with van der Waals surface area (Å²) in [6, 6.07) is 7.73. The predicted octanol–water partition coefficient (Wildman–Crippen LogP) is 1.73. The maximum Gasteiger partial charge on any atom is 0.243 e. The Balaban J connectivity index is 2.28. The summed E-state index contributed by atoms with van der Waals surface area (Å²) < 4.78 is 0. The lowest BCUT2D eigenvalue weighted by atomic mass is 9.97. The highest BCUT2D eigenvalue weighted by atomic mass is 16.2. The number of piperazine rings is 1. The Hall–Kier alpha value is -1.84. The van der Waals surface area contributed by atoms with Gasteiger partial charge >= 0.3 is 0 Å². The van der Waals surface area contributed by atoms with Crippen LogP contribution in [0.1, 0.15) is 31.9 Å². The zero-order valence-electron chi connectivity index (χ0n) is 12.3. The molecule has 1 aromatic carbocycles. The van der Waals surface area contributed by atoms with Crippen LogP contribution in [-0.4, -0.2) is 29.3 Å². The average molecular weight is 274 g/mol. The van der Waals surface area contributed by atoms with Crippen LogP contribution < -0.4 is 5.32 Å². The molecule has 4 heteroatoms. The number of nitrogens with one attached hydrogen (secondary N) is 1. The van der Waals surface area contributed by atoms with E-state index in [4.69, 9.17) is 0 Å². The molecular weight excluding hydrogens is 252 g/mol. The van der Waals surface area contributed by atoms with Crippen molar-refractivity contribution in [1.82, 2.24) is 10.2 Å². The molecule has 1 unspecified atom stereocenters. The number of carbonyl (C=O) groups excluding carboxylic acids is 2. The van der Waals surface area contributed by atoms with Gasteiger partial charge in [-0.1, -0.05) is 45.0 Å². The van der Waals surface area contributed by atoms with E-state index in [2.05, 4.69) is 18.3 Å². The summed E-state index contributed by atoms with van der Waals surface area (Å²) in [7, 11) is 0. The lowest BCUT2D eigenvalue weighted by Crippen LogP contribution is -2.59. The van der Waals surface area contributed by atoms with E-state index in [0.717, 1.165) is 12.0 Å². The molecule has 1 aliphatic rings. The molecule has 1 aromatic rings. The van der Waals surface area contributed by atoms with Crippen LogP contribution in [0, 0.1) is 5.92 Å². The third-order valence-corrected chi connectivity index (χ3v) is 3.81. The van der Waals surface area contributed by atoms with Crippen molar-refractivity contribution in [2.75, 3.05) is 6.54 Å². The number of aryl methyl sites for hydroxylation is 1. The first kappa shape index (κ1) is 14.6. The van der Waals surface area contributed by atoms with Gasteiger partial charge < -0.3 is 10.2 Å². The highest BCUT2D eigenvalue weighted by Gasteiger charge is 2.36. The van der Waals surface area contributed by atoms with Crippen LogP contribution in [0.25, 0.3) is 0 Å². The number of hydrogen-bond acceptors (Lipinski definition) is 2. The van der Waals surface area contributed by atoms with Gasteiger partial charge in [0.15, 0.2) is 0 Å². The molecule has 0 spiro atoms.